The Balaban J connectivity index is 1.59. The highest BCUT2D eigenvalue weighted by Gasteiger charge is 2.07. The van der Waals surface area contributed by atoms with Gasteiger partial charge in [0.05, 0.1) is 12.8 Å². The second-order valence-electron chi connectivity index (χ2n) is 6.84. The summed E-state index contributed by atoms with van der Waals surface area (Å²) in [6, 6.07) is 18.0. The zero-order chi connectivity index (χ0) is 22.9. The molecule has 0 unspecified atom stereocenters. The molecule has 3 rings (SSSR count). The summed E-state index contributed by atoms with van der Waals surface area (Å²) < 4.78 is 12.6. The molecule has 0 saturated heterocycles. The van der Waals surface area contributed by atoms with Crippen molar-refractivity contribution in [1.82, 2.24) is 5.43 Å². The fraction of sp³-hybridized carbons (Fsp3) is 0.167. The van der Waals surface area contributed by atoms with E-state index in [1.54, 1.807) is 6.07 Å². The van der Waals surface area contributed by atoms with Crippen LogP contribution in [0.1, 0.15) is 23.6 Å². The first-order valence-corrected chi connectivity index (χ1v) is 11.1. The second kappa shape index (κ2) is 11.5. The van der Waals surface area contributed by atoms with E-state index in [2.05, 4.69) is 31.8 Å². The van der Waals surface area contributed by atoms with Gasteiger partial charge in [0.1, 0.15) is 6.61 Å². The van der Waals surface area contributed by atoms with E-state index >= 15 is 0 Å². The van der Waals surface area contributed by atoms with Crippen molar-refractivity contribution in [2.24, 2.45) is 5.10 Å². The molecule has 6 nitrogen and oxygen atoms in total. The Morgan fingerprint density at radius 1 is 1.06 bits per heavy atom. The predicted molar refractivity (Wildman–Crippen MR) is 132 cm³/mol. The van der Waals surface area contributed by atoms with Crippen LogP contribution in [0, 0.1) is 6.92 Å². The largest absolute Gasteiger partial charge is 0.490 e. The molecule has 3 aromatic rings. The molecule has 3 aromatic carbocycles. The monoisotopic (exact) mass is 515 g/mol. The van der Waals surface area contributed by atoms with Crippen molar-refractivity contribution < 1.29 is 14.3 Å². The first-order chi connectivity index (χ1) is 15.4. The number of hydrazone groups is 1. The van der Waals surface area contributed by atoms with E-state index in [0.717, 1.165) is 21.2 Å². The first kappa shape index (κ1) is 23.6. The lowest BCUT2D eigenvalue weighted by molar-refractivity contribution is 0.252. The van der Waals surface area contributed by atoms with Crippen LogP contribution in [0.4, 0.5) is 10.5 Å². The number of anilines is 1. The van der Waals surface area contributed by atoms with Crippen LogP contribution in [-0.2, 0) is 6.61 Å². The van der Waals surface area contributed by atoms with Crippen LogP contribution in [0.2, 0.25) is 5.02 Å². The summed E-state index contributed by atoms with van der Waals surface area (Å²) in [6.45, 7) is 4.73. The lowest BCUT2D eigenvalue weighted by atomic mass is 10.2. The van der Waals surface area contributed by atoms with Gasteiger partial charge in [0.2, 0.25) is 0 Å². The van der Waals surface area contributed by atoms with Crippen LogP contribution in [0.5, 0.6) is 11.5 Å². The van der Waals surface area contributed by atoms with E-state index in [1.165, 1.54) is 6.21 Å². The summed E-state index contributed by atoms with van der Waals surface area (Å²) in [4.78, 5) is 12.1. The van der Waals surface area contributed by atoms with E-state index in [1.807, 2.05) is 68.4 Å². The topological polar surface area (TPSA) is 72.0 Å². The summed E-state index contributed by atoms with van der Waals surface area (Å²) in [5.74, 6) is 1.22. The van der Waals surface area contributed by atoms with E-state index in [4.69, 9.17) is 21.1 Å². The molecular weight excluding hydrogens is 494 g/mol. The lowest BCUT2D eigenvalue weighted by Gasteiger charge is -2.12. The average Bonchev–Trinajstić information content (AvgIpc) is 2.77. The molecular formula is C24H23BrClN3O3. The number of nitrogens with one attached hydrogen (secondary N) is 2. The molecule has 0 atom stereocenters. The van der Waals surface area contributed by atoms with Crippen molar-refractivity contribution >= 4 is 45.5 Å². The number of benzene rings is 3. The van der Waals surface area contributed by atoms with Crippen LogP contribution in [0.15, 0.2) is 70.2 Å². The number of ether oxygens (including phenoxy) is 2. The number of hydrogen-bond acceptors (Lipinski definition) is 4. The lowest BCUT2D eigenvalue weighted by Crippen LogP contribution is -2.24. The summed E-state index contributed by atoms with van der Waals surface area (Å²) in [5.41, 5.74) is 5.91. The second-order valence-corrected chi connectivity index (χ2v) is 8.13. The van der Waals surface area contributed by atoms with Gasteiger partial charge in [-0.25, -0.2) is 10.2 Å². The maximum atomic E-state index is 12.1. The van der Waals surface area contributed by atoms with Gasteiger partial charge in [-0.15, -0.1) is 0 Å². The number of aryl methyl sites for hydroxylation is 1. The molecule has 0 heterocycles. The fourth-order valence-corrected chi connectivity index (χ4v) is 3.15. The Kier molecular flexibility index (Phi) is 8.53. The Labute approximate surface area is 200 Å². The van der Waals surface area contributed by atoms with Crippen LogP contribution in [0.25, 0.3) is 0 Å². The van der Waals surface area contributed by atoms with Gasteiger partial charge in [0.15, 0.2) is 11.5 Å². The van der Waals surface area contributed by atoms with Gasteiger partial charge < -0.3 is 14.8 Å². The number of hydrogen-bond donors (Lipinski definition) is 2. The Morgan fingerprint density at radius 3 is 2.56 bits per heavy atom. The zero-order valence-electron chi connectivity index (χ0n) is 17.7. The number of nitrogens with zero attached hydrogens (tertiary/aromatic N) is 1. The minimum atomic E-state index is -0.434. The van der Waals surface area contributed by atoms with E-state index in [9.17, 15) is 4.79 Å². The Hall–Kier alpha value is -3.03. The third-order valence-corrected chi connectivity index (χ3v) is 5.51. The average molecular weight is 517 g/mol. The highest BCUT2D eigenvalue weighted by molar-refractivity contribution is 9.10. The molecule has 0 bridgehead atoms. The molecule has 0 saturated carbocycles. The Bertz CT molecular complexity index is 1100. The van der Waals surface area contributed by atoms with Gasteiger partial charge in [-0.05, 0) is 79.1 Å². The van der Waals surface area contributed by atoms with Crippen molar-refractivity contribution in [3.05, 3.63) is 86.8 Å². The molecule has 0 radical (unpaired) electrons. The van der Waals surface area contributed by atoms with E-state index in [0.29, 0.717) is 35.4 Å². The summed E-state index contributed by atoms with van der Waals surface area (Å²) in [7, 11) is 0. The molecule has 32 heavy (non-hydrogen) atoms. The maximum Gasteiger partial charge on any atom is 0.339 e. The normalized spacial score (nSPS) is 10.8. The fourth-order valence-electron chi connectivity index (χ4n) is 2.78. The standard InChI is InChI=1S/C24H23BrClN3O3/c1-3-31-23-13-18(6-11-22(23)32-15-17-4-7-19(26)8-5-17)14-27-29-24(30)28-20-9-10-21(25)16(2)12-20/h4-14H,3,15H2,1-2H3,(H2,28,29,30)/b27-14+. The van der Waals surface area contributed by atoms with Crippen molar-refractivity contribution in [2.75, 3.05) is 11.9 Å². The van der Waals surface area contributed by atoms with Gasteiger partial charge in [0.25, 0.3) is 0 Å². The number of carbonyl (C=O) groups is 1. The highest BCUT2D eigenvalue weighted by Crippen LogP contribution is 2.29. The molecule has 0 aliphatic heterocycles. The number of carbonyl (C=O) groups excluding carboxylic acids is 1. The summed E-state index contributed by atoms with van der Waals surface area (Å²) >= 11 is 9.35. The minimum Gasteiger partial charge on any atom is -0.490 e. The number of rotatable bonds is 8. The van der Waals surface area contributed by atoms with E-state index < -0.39 is 6.03 Å². The van der Waals surface area contributed by atoms with Crippen molar-refractivity contribution in [3.63, 3.8) is 0 Å². The molecule has 2 amide bonds. The van der Waals surface area contributed by atoms with Gasteiger partial charge in [0, 0.05) is 15.2 Å². The number of urea groups is 1. The summed E-state index contributed by atoms with van der Waals surface area (Å²) in [5, 5.41) is 7.42. The summed E-state index contributed by atoms with van der Waals surface area (Å²) in [6.07, 6.45) is 1.54. The van der Waals surface area contributed by atoms with Gasteiger partial charge in [-0.3, -0.25) is 0 Å². The van der Waals surface area contributed by atoms with Crippen molar-refractivity contribution in [2.45, 2.75) is 20.5 Å². The molecule has 8 heteroatoms. The molecule has 0 spiro atoms. The molecule has 0 fully saturated rings. The predicted octanol–water partition coefficient (Wildman–Crippen LogP) is 6.54. The van der Waals surface area contributed by atoms with Crippen LogP contribution in [0.3, 0.4) is 0 Å². The minimum absolute atomic E-state index is 0.391. The van der Waals surface area contributed by atoms with Gasteiger partial charge in [-0.2, -0.15) is 5.10 Å². The molecule has 0 aromatic heterocycles. The molecule has 0 aliphatic carbocycles. The zero-order valence-corrected chi connectivity index (χ0v) is 20.0. The van der Waals surface area contributed by atoms with Crippen LogP contribution < -0.4 is 20.2 Å². The maximum absolute atomic E-state index is 12.1. The van der Waals surface area contributed by atoms with Gasteiger partial charge in [-0.1, -0.05) is 39.7 Å². The quantitative estimate of drug-likeness (QED) is 0.264. The third kappa shape index (κ3) is 7.00. The molecule has 166 valence electrons. The third-order valence-electron chi connectivity index (χ3n) is 4.37. The SMILES string of the molecule is CCOc1cc(/C=N/NC(=O)Nc2ccc(Br)c(C)c2)ccc1OCc1ccc(Cl)cc1. The van der Waals surface area contributed by atoms with Crippen molar-refractivity contribution in [1.29, 1.82) is 0 Å². The number of halogens is 2. The van der Waals surface area contributed by atoms with Crippen molar-refractivity contribution in [3.8, 4) is 11.5 Å². The molecule has 2 N–H and O–H groups in total. The Morgan fingerprint density at radius 2 is 1.84 bits per heavy atom. The molecule has 0 aliphatic rings. The van der Waals surface area contributed by atoms with Crippen LogP contribution >= 0.6 is 27.5 Å². The highest BCUT2D eigenvalue weighted by atomic mass is 79.9. The smallest absolute Gasteiger partial charge is 0.339 e. The van der Waals surface area contributed by atoms with Crippen LogP contribution in [-0.4, -0.2) is 18.9 Å². The van der Waals surface area contributed by atoms with Gasteiger partial charge >= 0.3 is 6.03 Å². The van der Waals surface area contributed by atoms with E-state index in [-0.39, 0.29) is 0 Å². The first-order valence-electron chi connectivity index (χ1n) is 9.95. The number of amides is 2.